The van der Waals surface area contributed by atoms with Crippen LogP contribution in [0.4, 0.5) is 18.9 Å². The van der Waals surface area contributed by atoms with E-state index in [9.17, 15) is 22.8 Å². The van der Waals surface area contributed by atoms with E-state index in [0.29, 0.717) is 24.7 Å². The lowest BCUT2D eigenvalue weighted by Gasteiger charge is -2.38. The highest BCUT2D eigenvalue weighted by atomic mass is 79.9. The summed E-state index contributed by atoms with van der Waals surface area (Å²) >= 11 is 3.04. The number of para-hydroxylation sites is 1. The summed E-state index contributed by atoms with van der Waals surface area (Å²) in [5.74, 6) is 0.0632. The van der Waals surface area contributed by atoms with Crippen molar-refractivity contribution in [3.8, 4) is 5.75 Å². The maximum absolute atomic E-state index is 13.6. The number of nitrogens with one attached hydrogen (secondary N) is 1. The molecule has 3 heterocycles. The summed E-state index contributed by atoms with van der Waals surface area (Å²) in [5, 5.41) is 8.17. The number of ether oxygens (including phenoxy) is 1. The summed E-state index contributed by atoms with van der Waals surface area (Å²) in [6.45, 7) is 7.01. The first-order valence-electron chi connectivity index (χ1n) is 16.3. The molecule has 2 aromatic carbocycles. The molecule has 8 nitrogen and oxygen atoms in total. The van der Waals surface area contributed by atoms with Gasteiger partial charge in [-0.1, -0.05) is 41.1 Å². The maximum atomic E-state index is 13.6. The van der Waals surface area contributed by atoms with Crippen LogP contribution in [0.15, 0.2) is 40.9 Å². The summed E-state index contributed by atoms with van der Waals surface area (Å²) in [6.07, 6.45) is 0.705. The highest BCUT2D eigenvalue weighted by Gasteiger charge is 2.38. The van der Waals surface area contributed by atoms with Gasteiger partial charge in [0.05, 0.1) is 28.9 Å². The predicted octanol–water partition coefficient (Wildman–Crippen LogP) is 6.66. The van der Waals surface area contributed by atoms with Crippen LogP contribution in [0.25, 0.3) is 10.9 Å². The van der Waals surface area contributed by atoms with E-state index in [0.717, 1.165) is 87.1 Å². The largest absolute Gasteiger partial charge is 0.490 e. The molecule has 0 radical (unpaired) electrons. The van der Waals surface area contributed by atoms with E-state index in [4.69, 9.17) is 9.84 Å². The van der Waals surface area contributed by atoms with Crippen molar-refractivity contribution in [1.82, 2.24) is 20.0 Å². The first-order valence-corrected chi connectivity index (χ1v) is 17.1. The number of aromatic nitrogens is 2. The summed E-state index contributed by atoms with van der Waals surface area (Å²) in [4.78, 5) is 29.2. The Kier molecular flexibility index (Phi) is 9.66. The van der Waals surface area contributed by atoms with Crippen LogP contribution >= 0.6 is 15.9 Å². The van der Waals surface area contributed by atoms with E-state index in [1.807, 2.05) is 23.9 Å². The van der Waals surface area contributed by atoms with Gasteiger partial charge >= 0.3 is 6.18 Å². The van der Waals surface area contributed by atoms with Crippen LogP contribution in [-0.2, 0) is 22.8 Å². The third-order valence-electron chi connectivity index (χ3n) is 9.81. The summed E-state index contributed by atoms with van der Waals surface area (Å²) in [5.41, 5.74) is 2.12. The zero-order valence-corrected chi connectivity index (χ0v) is 27.9. The molecule has 6 rings (SSSR count). The number of hydrogen-bond acceptors (Lipinski definition) is 6. The first-order chi connectivity index (χ1) is 22.0. The molecule has 2 amide bonds. The number of imide groups is 1. The van der Waals surface area contributed by atoms with E-state index in [1.165, 1.54) is 12.1 Å². The number of anilines is 1. The van der Waals surface area contributed by atoms with Gasteiger partial charge in [-0.05, 0) is 68.6 Å². The number of carbonyl (C=O) groups excluding carboxylic acids is 2. The number of rotatable bonds is 8. The molecule has 0 spiro atoms. The average Bonchev–Trinajstić information content (AvgIpc) is 3.34. The van der Waals surface area contributed by atoms with E-state index >= 15 is 0 Å². The molecule has 0 bridgehead atoms. The van der Waals surface area contributed by atoms with Crippen LogP contribution < -0.4 is 15.0 Å². The Hall–Kier alpha value is -3.12. The molecule has 1 saturated carbocycles. The van der Waals surface area contributed by atoms with Gasteiger partial charge in [0.1, 0.15) is 11.3 Å². The van der Waals surface area contributed by atoms with Crippen molar-refractivity contribution in [2.24, 2.45) is 18.9 Å². The van der Waals surface area contributed by atoms with Gasteiger partial charge in [-0.15, -0.1) is 0 Å². The molecule has 1 N–H and O–H groups in total. The Bertz CT molecular complexity index is 1580. The van der Waals surface area contributed by atoms with Gasteiger partial charge in [0.15, 0.2) is 0 Å². The second kappa shape index (κ2) is 13.5. The quantitative estimate of drug-likeness (QED) is 0.265. The molecule has 3 aliphatic rings. The minimum absolute atomic E-state index is 0.00814. The van der Waals surface area contributed by atoms with Crippen molar-refractivity contribution in [3.05, 3.63) is 52.1 Å². The molecule has 2 aliphatic heterocycles. The number of hydrogen-bond donors (Lipinski definition) is 1. The van der Waals surface area contributed by atoms with Crippen LogP contribution in [0.5, 0.6) is 5.75 Å². The van der Waals surface area contributed by atoms with Crippen molar-refractivity contribution >= 4 is 44.3 Å². The van der Waals surface area contributed by atoms with Gasteiger partial charge in [0.2, 0.25) is 11.8 Å². The SMILES string of the molecule is C[C@H](CC1CCC(Oc2cccc(Br)c2C(F)(F)F)CC1)CN1CCN(c2cccc3c(C4CCC(=O)NC4=O)nn(C)c23)CC1. The second-order valence-electron chi connectivity index (χ2n) is 13.2. The Balaban J connectivity index is 0.993. The van der Waals surface area contributed by atoms with E-state index in [1.54, 1.807) is 6.07 Å². The van der Waals surface area contributed by atoms with E-state index in [-0.39, 0.29) is 28.1 Å². The number of carbonyl (C=O) groups is 2. The van der Waals surface area contributed by atoms with Gasteiger partial charge in [0, 0.05) is 56.1 Å². The second-order valence-corrected chi connectivity index (χ2v) is 14.0. The highest BCUT2D eigenvalue weighted by Crippen LogP contribution is 2.43. The highest BCUT2D eigenvalue weighted by molar-refractivity contribution is 9.10. The number of piperazine rings is 1. The van der Waals surface area contributed by atoms with Gasteiger partial charge in [0.25, 0.3) is 0 Å². The first kappa shape index (κ1) is 32.8. The lowest BCUT2D eigenvalue weighted by atomic mass is 9.82. The molecule has 46 heavy (non-hydrogen) atoms. The minimum Gasteiger partial charge on any atom is -0.490 e. The van der Waals surface area contributed by atoms with Crippen molar-refractivity contribution in [3.63, 3.8) is 0 Å². The lowest BCUT2D eigenvalue weighted by molar-refractivity contribution is -0.140. The van der Waals surface area contributed by atoms with Gasteiger partial charge in [-0.2, -0.15) is 18.3 Å². The van der Waals surface area contributed by atoms with Crippen molar-refractivity contribution in [2.45, 2.75) is 70.1 Å². The molecular formula is C34H41BrF3N5O3. The van der Waals surface area contributed by atoms with Crippen LogP contribution in [0, 0.1) is 11.8 Å². The average molecular weight is 705 g/mol. The summed E-state index contributed by atoms with van der Waals surface area (Å²) in [6, 6.07) is 10.6. The number of alkyl halides is 3. The Labute approximate surface area is 275 Å². The number of benzene rings is 2. The Morgan fingerprint density at radius 3 is 2.43 bits per heavy atom. The third-order valence-corrected chi connectivity index (χ3v) is 10.5. The van der Waals surface area contributed by atoms with Gasteiger partial charge in [-0.3, -0.25) is 24.5 Å². The van der Waals surface area contributed by atoms with Crippen molar-refractivity contribution in [2.75, 3.05) is 37.6 Å². The number of aryl methyl sites for hydroxylation is 1. The van der Waals surface area contributed by atoms with Crippen molar-refractivity contribution < 1.29 is 27.5 Å². The molecule has 248 valence electrons. The molecule has 12 heteroatoms. The van der Waals surface area contributed by atoms with E-state index < -0.39 is 17.7 Å². The number of amides is 2. The fourth-order valence-corrected chi connectivity index (χ4v) is 8.18. The molecule has 3 aromatic rings. The number of nitrogens with zero attached hydrogens (tertiary/aromatic N) is 4. The normalized spacial score (nSPS) is 23.9. The van der Waals surface area contributed by atoms with Gasteiger partial charge < -0.3 is 9.64 Å². The summed E-state index contributed by atoms with van der Waals surface area (Å²) < 4.78 is 48.5. The topological polar surface area (TPSA) is 79.7 Å². The fourth-order valence-electron chi connectivity index (χ4n) is 7.61. The molecule has 1 aliphatic carbocycles. The molecule has 1 unspecified atom stereocenters. The molecule has 2 atom stereocenters. The van der Waals surface area contributed by atoms with E-state index in [2.05, 4.69) is 44.0 Å². The maximum Gasteiger partial charge on any atom is 0.421 e. The predicted molar refractivity (Wildman–Crippen MR) is 174 cm³/mol. The molecular weight excluding hydrogens is 663 g/mol. The van der Waals surface area contributed by atoms with Crippen LogP contribution in [0.2, 0.25) is 0 Å². The Morgan fingerprint density at radius 1 is 1.02 bits per heavy atom. The smallest absolute Gasteiger partial charge is 0.421 e. The molecule has 1 aromatic heterocycles. The summed E-state index contributed by atoms with van der Waals surface area (Å²) in [7, 11) is 1.92. The lowest BCUT2D eigenvalue weighted by Crippen LogP contribution is -2.47. The van der Waals surface area contributed by atoms with Crippen LogP contribution in [0.1, 0.15) is 69.0 Å². The molecule has 2 saturated heterocycles. The minimum atomic E-state index is -4.47. The van der Waals surface area contributed by atoms with Crippen LogP contribution in [-0.4, -0.2) is 65.3 Å². The van der Waals surface area contributed by atoms with Crippen LogP contribution in [0.3, 0.4) is 0 Å². The molecule has 3 fully saturated rings. The zero-order valence-electron chi connectivity index (χ0n) is 26.3. The number of fused-ring (bicyclic) bond motifs is 1. The monoisotopic (exact) mass is 703 g/mol. The Morgan fingerprint density at radius 2 is 1.74 bits per heavy atom. The number of piperidine rings is 1. The fraction of sp³-hybridized carbons (Fsp3) is 0.559. The van der Waals surface area contributed by atoms with Gasteiger partial charge in [-0.25, -0.2) is 0 Å². The zero-order chi connectivity index (χ0) is 32.6. The third kappa shape index (κ3) is 7.07. The number of halogens is 4. The standard InChI is InChI=1S/C34H41BrF3N5O3/c1-21(19-22-9-11-23(12-10-22)46-28-8-4-6-26(35)30(28)34(36,37)38)20-42-15-17-43(18-16-42)27-7-3-5-24-31(40-41(2)32(24)27)25-13-14-29(44)39-33(25)45/h3-8,21-23,25H,9-20H2,1-2H3,(H,39,44,45)/t21-,22?,23?,25?/m1/s1. The van der Waals surface area contributed by atoms with Crippen molar-refractivity contribution in [1.29, 1.82) is 0 Å².